The number of anilines is 4. The summed E-state index contributed by atoms with van der Waals surface area (Å²) in [5, 5.41) is 24.2. The van der Waals surface area contributed by atoms with Crippen LogP contribution in [-0.2, 0) is 6.18 Å². The molecular formula is C30H23F3N8O. The van der Waals surface area contributed by atoms with Crippen LogP contribution in [0.25, 0.3) is 5.57 Å². The monoisotopic (exact) mass is 568 g/mol. The molecular weight excluding hydrogens is 545 g/mol. The van der Waals surface area contributed by atoms with E-state index in [1.54, 1.807) is 42.6 Å². The molecule has 2 aromatic heterocycles. The summed E-state index contributed by atoms with van der Waals surface area (Å²) in [6, 6.07) is 15.8. The normalized spacial score (nSPS) is 13.2. The second-order valence-electron chi connectivity index (χ2n) is 9.55. The molecule has 2 aromatic carbocycles. The summed E-state index contributed by atoms with van der Waals surface area (Å²) in [5.74, 6) is 0.158. The lowest BCUT2D eigenvalue weighted by molar-refractivity contribution is -0.137. The lowest BCUT2D eigenvalue weighted by Gasteiger charge is -2.14. The summed E-state index contributed by atoms with van der Waals surface area (Å²) >= 11 is 0. The molecule has 0 radical (unpaired) electrons. The maximum Gasteiger partial charge on any atom is 0.416 e. The Kier molecular flexibility index (Phi) is 7.66. The Morgan fingerprint density at radius 2 is 1.69 bits per heavy atom. The first kappa shape index (κ1) is 28.0. The largest absolute Gasteiger partial charge is 0.416 e. The van der Waals surface area contributed by atoms with Crippen LogP contribution < -0.4 is 16.4 Å². The topological polar surface area (TPSA) is 153 Å². The highest BCUT2D eigenvalue weighted by molar-refractivity contribution is 6.16. The first-order valence-electron chi connectivity index (χ1n) is 12.8. The Bertz CT molecular complexity index is 1720. The molecule has 1 fully saturated rings. The molecule has 5 rings (SSSR count). The van der Waals surface area contributed by atoms with Gasteiger partial charge >= 0.3 is 6.18 Å². The van der Waals surface area contributed by atoms with Crippen LogP contribution in [0.5, 0.6) is 0 Å². The van der Waals surface area contributed by atoms with Gasteiger partial charge in [0.2, 0.25) is 0 Å². The Morgan fingerprint density at radius 3 is 2.33 bits per heavy atom. The molecule has 0 bridgehead atoms. The number of halogens is 3. The zero-order valence-corrected chi connectivity index (χ0v) is 21.9. The van der Waals surface area contributed by atoms with Crippen molar-refractivity contribution in [2.45, 2.75) is 19.0 Å². The summed E-state index contributed by atoms with van der Waals surface area (Å²) in [5.41, 5.74) is 8.04. The van der Waals surface area contributed by atoms with Gasteiger partial charge in [0.15, 0.2) is 0 Å². The van der Waals surface area contributed by atoms with Crippen LogP contribution in [0.1, 0.15) is 45.6 Å². The van der Waals surface area contributed by atoms with Gasteiger partial charge in [-0.2, -0.15) is 18.4 Å². The zero-order valence-electron chi connectivity index (χ0n) is 21.9. The van der Waals surface area contributed by atoms with E-state index in [0.717, 1.165) is 37.1 Å². The molecule has 12 heteroatoms. The zero-order chi connectivity index (χ0) is 29.9. The van der Waals surface area contributed by atoms with E-state index in [-0.39, 0.29) is 28.5 Å². The summed E-state index contributed by atoms with van der Waals surface area (Å²) in [6.07, 6.45) is 2.38. The van der Waals surface area contributed by atoms with Crippen LogP contribution in [-0.4, -0.2) is 26.6 Å². The average Bonchev–Trinajstić information content (AvgIpc) is 3.80. The van der Waals surface area contributed by atoms with Crippen molar-refractivity contribution >= 4 is 40.2 Å². The van der Waals surface area contributed by atoms with Crippen molar-refractivity contribution in [3.63, 3.8) is 0 Å². The minimum absolute atomic E-state index is 0.0110. The first-order chi connectivity index (χ1) is 20.1. The van der Waals surface area contributed by atoms with E-state index < -0.39 is 17.6 Å². The number of nitrogens with two attached hydrogens (primary N) is 1. The molecule has 0 unspecified atom stereocenters. The molecule has 0 spiro atoms. The third-order valence-electron chi connectivity index (χ3n) is 6.48. The first-order valence-corrected chi connectivity index (χ1v) is 12.8. The van der Waals surface area contributed by atoms with Gasteiger partial charge in [-0.25, -0.2) is 9.97 Å². The highest BCUT2D eigenvalue weighted by Crippen LogP contribution is 2.34. The number of nitriles is 1. The Labute approximate surface area is 238 Å². The molecule has 210 valence electrons. The summed E-state index contributed by atoms with van der Waals surface area (Å²) in [7, 11) is 0. The van der Waals surface area contributed by atoms with Crippen molar-refractivity contribution in [1.29, 1.82) is 10.7 Å². The third-order valence-corrected chi connectivity index (χ3v) is 6.48. The van der Waals surface area contributed by atoms with Gasteiger partial charge in [0.1, 0.15) is 24.0 Å². The fourth-order valence-corrected chi connectivity index (χ4v) is 4.09. The van der Waals surface area contributed by atoms with E-state index >= 15 is 0 Å². The van der Waals surface area contributed by atoms with Gasteiger partial charge in [-0.1, -0.05) is 18.2 Å². The smallest absolute Gasteiger partial charge is 0.383 e. The van der Waals surface area contributed by atoms with Crippen LogP contribution in [0.2, 0.25) is 0 Å². The molecule has 0 atom stereocenters. The fraction of sp³-hybridized carbons (Fsp3) is 0.133. The number of rotatable bonds is 8. The second-order valence-corrected chi connectivity index (χ2v) is 9.55. The van der Waals surface area contributed by atoms with E-state index in [9.17, 15) is 23.2 Å². The molecule has 1 aliphatic carbocycles. The number of nitrogens with one attached hydrogen (secondary N) is 3. The number of alkyl halides is 3. The molecule has 2 heterocycles. The molecule has 4 aromatic rings. The van der Waals surface area contributed by atoms with Crippen molar-refractivity contribution in [1.82, 2.24) is 15.0 Å². The standard InChI is InChI=1S/C30H23F3N8O/c31-30(32,33)21-7-3-19(4-8-21)29(42)41-22-9-5-18(6-10-22)26(35)25-27(36)38-16-39-28(25)40-23-11-12-37-24(14-23)20(15-34)13-17-1-2-17/h3-14,16-17,35H,1-2H2,(H,41,42)(H3,36,37,38,39,40)/b20-13+,35-26?. The molecule has 9 nitrogen and oxygen atoms in total. The van der Waals surface area contributed by atoms with Crippen LogP contribution in [0.4, 0.5) is 36.2 Å². The quantitative estimate of drug-likeness (QED) is 0.146. The number of benzene rings is 2. The van der Waals surface area contributed by atoms with Gasteiger partial charge in [-0.3, -0.25) is 15.2 Å². The minimum Gasteiger partial charge on any atom is -0.383 e. The minimum atomic E-state index is -4.49. The molecule has 0 saturated heterocycles. The number of pyridine rings is 1. The van der Waals surface area contributed by atoms with Gasteiger partial charge in [0, 0.05) is 28.7 Å². The molecule has 1 aliphatic rings. The maximum atomic E-state index is 12.8. The number of carbonyl (C=O) groups excluding carboxylic acids is 1. The van der Waals surface area contributed by atoms with Crippen molar-refractivity contribution in [3.05, 3.63) is 107 Å². The number of carbonyl (C=O) groups is 1. The number of hydrogen-bond donors (Lipinski definition) is 4. The molecule has 5 N–H and O–H groups in total. The van der Waals surface area contributed by atoms with Gasteiger partial charge in [0.05, 0.1) is 28.1 Å². The molecule has 42 heavy (non-hydrogen) atoms. The van der Waals surface area contributed by atoms with E-state index in [2.05, 4.69) is 31.7 Å². The Hall–Kier alpha value is -5.57. The Balaban J connectivity index is 1.32. The predicted molar refractivity (Wildman–Crippen MR) is 152 cm³/mol. The van der Waals surface area contributed by atoms with Crippen molar-refractivity contribution in [3.8, 4) is 6.07 Å². The number of allylic oxidation sites excluding steroid dienone is 2. The second kappa shape index (κ2) is 11.5. The maximum absolute atomic E-state index is 12.8. The lowest BCUT2D eigenvalue weighted by Crippen LogP contribution is -2.14. The number of hydrogen-bond acceptors (Lipinski definition) is 8. The van der Waals surface area contributed by atoms with Crippen molar-refractivity contribution in [2.75, 3.05) is 16.4 Å². The van der Waals surface area contributed by atoms with E-state index in [1.165, 1.54) is 6.33 Å². The van der Waals surface area contributed by atoms with Crippen LogP contribution in [0.15, 0.2) is 79.3 Å². The van der Waals surface area contributed by atoms with E-state index in [0.29, 0.717) is 34.1 Å². The predicted octanol–water partition coefficient (Wildman–Crippen LogP) is 6.20. The number of amides is 1. The van der Waals surface area contributed by atoms with E-state index in [1.807, 2.05) is 6.08 Å². The Morgan fingerprint density at radius 1 is 1.00 bits per heavy atom. The van der Waals surface area contributed by atoms with Crippen LogP contribution in [0, 0.1) is 22.7 Å². The highest BCUT2D eigenvalue weighted by atomic mass is 19.4. The van der Waals surface area contributed by atoms with Crippen LogP contribution >= 0.6 is 0 Å². The number of nitrogen functional groups attached to an aromatic ring is 1. The third kappa shape index (κ3) is 6.42. The van der Waals surface area contributed by atoms with Gasteiger partial charge in [-0.05, 0) is 67.3 Å². The van der Waals surface area contributed by atoms with Crippen molar-refractivity contribution in [2.24, 2.45) is 5.92 Å². The number of aromatic nitrogens is 3. The SMILES string of the molecule is N#C/C(=C\C1CC1)c1cc(Nc2ncnc(N)c2C(=N)c2ccc(NC(=O)c3ccc(C(F)(F)F)cc3)cc2)ccn1. The lowest BCUT2D eigenvalue weighted by atomic mass is 10.0. The number of nitrogens with zero attached hydrogens (tertiary/aromatic N) is 4. The summed E-state index contributed by atoms with van der Waals surface area (Å²) in [6.45, 7) is 0. The summed E-state index contributed by atoms with van der Waals surface area (Å²) in [4.78, 5) is 25.1. The molecule has 0 aliphatic heterocycles. The van der Waals surface area contributed by atoms with Gasteiger partial charge in [0.25, 0.3) is 5.91 Å². The van der Waals surface area contributed by atoms with E-state index in [4.69, 9.17) is 11.1 Å². The average molecular weight is 569 g/mol. The van der Waals surface area contributed by atoms with Gasteiger partial charge < -0.3 is 16.4 Å². The van der Waals surface area contributed by atoms with Crippen LogP contribution in [0.3, 0.4) is 0 Å². The van der Waals surface area contributed by atoms with Gasteiger partial charge in [-0.15, -0.1) is 0 Å². The fourth-order valence-electron chi connectivity index (χ4n) is 4.09. The highest BCUT2D eigenvalue weighted by Gasteiger charge is 2.30. The molecule has 1 amide bonds. The summed E-state index contributed by atoms with van der Waals surface area (Å²) < 4.78 is 38.4. The molecule has 1 saturated carbocycles. The van der Waals surface area contributed by atoms with Crippen molar-refractivity contribution < 1.29 is 18.0 Å².